The molecule has 0 spiro atoms. The highest BCUT2D eigenvalue weighted by Gasteiger charge is 2.16. The highest BCUT2D eigenvalue weighted by atomic mass is 19.1. The number of carbonyl (C=O) groups excluding carboxylic acids is 1. The largest absolute Gasteiger partial charge is 0.486 e. The SMILES string of the molecule is CCOC(=O)CN(C)CC[C@H](Oc1ccc(-c2ccccc2)cc1)c1ccc(F)cc1. The molecule has 0 bridgehead atoms. The molecule has 4 nitrogen and oxygen atoms in total. The van der Waals surface area contributed by atoms with Gasteiger partial charge in [-0.3, -0.25) is 9.69 Å². The van der Waals surface area contributed by atoms with Crippen LogP contribution in [0.1, 0.15) is 25.0 Å². The Morgan fingerprint density at radius 3 is 2.23 bits per heavy atom. The van der Waals surface area contributed by atoms with Gasteiger partial charge in [-0.15, -0.1) is 0 Å². The van der Waals surface area contributed by atoms with E-state index in [1.165, 1.54) is 12.1 Å². The van der Waals surface area contributed by atoms with E-state index in [9.17, 15) is 9.18 Å². The van der Waals surface area contributed by atoms with Gasteiger partial charge in [-0.1, -0.05) is 54.6 Å². The number of likely N-dealkylation sites (N-methyl/N-ethyl adjacent to an activating group) is 1. The van der Waals surface area contributed by atoms with Gasteiger partial charge >= 0.3 is 5.97 Å². The van der Waals surface area contributed by atoms with Crippen molar-refractivity contribution < 1.29 is 18.7 Å². The topological polar surface area (TPSA) is 38.8 Å². The summed E-state index contributed by atoms with van der Waals surface area (Å²) in [6.45, 7) is 3.01. The Labute approximate surface area is 183 Å². The van der Waals surface area contributed by atoms with Crippen molar-refractivity contribution in [2.75, 3.05) is 26.7 Å². The second-order valence-corrected chi connectivity index (χ2v) is 7.38. The van der Waals surface area contributed by atoms with Gasteiger partial charge in [0.1, 0.15) is 17.7 Å². The minimum Gasteiger partial charge on any atom is -0.486 e. The first kappa shape index (κ1) is 22.5. The van der Waals surface area contributed by atoms with Crippen molar-refractivity contribution in [2.24, 2.45) is 0 Å². The summed E-state index contributed by atoms with van der Waals surface area (Å²) in [5, 5.41) is 0. The van der Waals surface area contributed by atoms with E-state index in [1.54, 1.807) is 19.1 Å². The molecule has 0 heterocycles. The minimum absolute atomic E-state index is 0.218. The lowest BCUT2D eigenvalue weighted by Crippen LogP contribution is -2.29. The highest BCUT2D eigenvalue weighted by Crippen LogP contribution is 2.28. The van der Waals surface area contributed by atoms with E-state index in [-0.39, 0.29) is 24.4 Å². The Morgan fingerprint density at radius 2 is 1.58 bits per heavy atom. The lowest BCUT2D eigenvalue weighted by Gasteiger charge is -2.23. The van der Waals surface area contributed by atoms with E-state index in [4.69, 9.17) is 9.47 Å². The van der Waals surface area contributed by atoms with Crippen molar-refractivity contribution >= 4 is 5.97 Å². The van der Waals surface area contributed by atoms with Crippen LogP contribution in [0.4, 0.5) is 4.39 Å². The third-order valence-electron chi connectivity index (χ3n) is 4.96. The van der Waals surface area contributed by atoms with Crippen molar-refractivity contribution in [1.82, 2.24) is 4.90 Å². The zero-order valence-corrected chi connectivity index (χ0v) is 18.0. The van der Waals surface area contributed by atoms with Crippen LogP contribution in [0.3, 0.4) is 0 Å². The molecular weight excluding hydrogens is 393 g/mol. The maximum Gasteiger partial charge on any atom is 0.320 e. The van der Waals surface area contributed by atoms with Crippen molar-refractivity contribution in [3.8, 4) is 16.9 Å². The molecule has 3 aromatic rings. The van der Waals surface area contributed by atoms with Crippen LogP contribution >= 0.6 is 0 Å². The van der Waals surface area contributed by atoms with E-state index in [0.717, 1.165) is 22.4 Å². The van der Waals surface area contributed by atoms with Gasteiger partial charge in [-0.2, -0.15) is 0 Å². The molecule has 0 radical (unpaired) electrons. The first-order valence-corrected chi connectivity index (χ1v) is 10.5. The zero-order chi connectivity index (χ0) is 22.1. The van der Waals surface area contributed by atoms with Crippen molar-refractivity contribution in [1.29, 1.82) is 0 Å². The fourth-order valence-electron chi connectivity index (χ4n) is 3.34. The predicted molar refractivity (Wildman–Crippen MR) is 120 cm³/mol. The van der Waals surface area contributed by atoms with Crippen LogP contribution < -0.4 is 4.74 Å². The van der Waals surface area contributed by atoms with Crippen molar-refractivity contribution in [2.45, 2.75) is 19.4 Å². The average molecular weight is 422 g/mol. The Bertz CT molecular complexity index is 943. The smallest absolute Gasteiger partial charge is 0.320 e. The molecule has 1 atom stereocenters. The van der Waals surface area contributed by atoms with Gasteiger partial charge in [0.15, 0.2) is 0 Å². The van der Waals surface area contributed by atoms with Gasteiger partial charge in [-0.25, -0.2) is 4.39 Å². The van der Waals surface area contributed by atoms with E-state index >= 15 is 0 Å². The quantitative estimate of drug-likeness (QED) is 0.405. The molecule has 0 aliphatic rings. The molecule has 0 aromatic heterocycles. The van der Waals surface area contributed by atoms with Crippen LogP contribution in [0.15, 0.2) is 78.9 Å². The van der Waals surface area contributed by atoms with Crippen molar-refractivity contribution in [3.05, 3.63) is 90.2 Å². The first-order chi connectivity index (χ1) is 15.0. The highest BCUT2D eigenvalue weighted by molar-refractivity contribution is 5.71. The predicted octanol–water partition coefficient (Wildman–Crippen LogP) is 5.50. The number of benzene rings is 3. The summed E-state index contributed by atoms with van der Waals surface area (Å²) in [4.78, 5) is 13.6. The molecule has 31 heavy (non-hydrogen) atoms. The van der Waals surface area contributed by atoms with Gasteiger partial charge in [-0.05, 0) is 54.9 Å². The van der Waals surface area contributed by atoms with Gasteiger partial charge in [0.2, 0.25) is 0 Å². The monoisotopic (exact) mass is 421 g/mol. The summed E-state index contributed by atoms with van der Waals surface area (Å²) in [5.41, 5.74) is 3.14. The van der Waals surface area contributed by atoms with E-state index < -0.39 is 0 Å². The number of carbonyl (C=O) groups is 1. The number of rotatable bonds is 10. The standard InChI is InChI=1S/C26H28FNO3/c1-3-30-26(29)19-28(2)18-17-25(22-9-13-23(27)14-10-22)31-24-15-11-21(12-16-24)20-7-5-4-6-8-20/h4-16,25H,3,17-19H2,1-2H3/t25-/m0/s1. The molecule has 0 aliphatic carbocycles. The number of hydrogen-bond acceptors (Lipinski definition) is 4. The summed E-state index contributed by atoms with van der Waals surface area (Å²) < 4.78 is 24.7. The van der Waals surface area contributed by atoms with E-state index in [0.29, 0.717) is 19.6 Å². The average Bonchev–Trinajstić information content (AvgIpc) is 2.78. The number of ether oxygens (including phenoxy) is 2. The number of halogens is 1. The summed E-state index contributed by atoms with van der Waals surface area (Å²) in [6, 6.07) is 24.4. The molecule has 5 heteroatoms. The summed E-state index contributed by atoms with van der Waals surface area (Å²) >= 11 is 0. The molecule has 0 saturated carbocycles. The molecule has 0 N–H and O–H groups in total. The number of esters is 1. The first-order valence-electron chi connectivity index (χ1n) is 10.5. The minimum atomic E-state index is -0.283. The lowest BCUT2D eigenvalue weighted by atomic mass is 10.0. The van der Waals surface area contributed by atoms with Crippen LogP contribution in [0.25, 0.3) is 11.1 Å². The van der Waals surface area contributed by atoms with Crippen LogP contribution in [-0.4, -0.2) is 37.6 Å². The maximum atomic E-state index is 13.4. The number of nitrogens with zero attached hydrogens (tertiary/aromatic N) is 1. The summed E-state index contributed by atoms with van der Waals surface area (Å²) in [6.07, 6.45) is 0.370. The molecule has 162 valence electrons. The Balaban J connectivity index is 1.69. The molecule has 0 aliphatic heterocycles. The Morgan fingerprint density at radius 1 is 0.935 bits per heavy atom. The van der Waals surface area contributed by atoms with Gasteiger partial charge in [0.05, 0.1) is 13.2 Å². The van der Waals surface area contributed by atoms with Crippen LogP contribution in [0.2, 0.25) is 0 Å². The second-order valence-electron chi connectivity index (χ2n) is 7.38. The van der Waals surface area contributed by atoms with Gasteiger partial charge < -0.3 is 9.47 Å². The number of hydrogen-bond donors (Lipinski definition) is 0. The molecule has 0 unspecified atom stereocenters. The molecule has 3 aromatic carbocycles. The molecule has 0 fully saturated rings. The lowest BCUT2D eigenvalue weighted by molar-refractivity contribution is -0.144. The molecular formula is C26H28FNO3. The Kier molecular flexibility index (Phi) is 8.19. The fourth-order valence-corrected chi connectivity index (χ4v) is 3.34. The Hall–Kier alpha value is -3.18. The molecule has 0 amide bonds. The van der Waals surface area contributed by atoms with Crippen molar-refractivity contribution in [3.63, 3.8) is 0 Å². The maximum absolute atomic E-state index is 13.4. The second kappa shape index (κ2) is 11.3. The third-order valence-corrected chi connectivity index (χ3v) is 4.96. The van der Waals surface area contributed by atoms with Gasteiger partial charge in [0, 0.05) is 13.0 Å². The van der Waals surface area contributed by atoms with Crippen LogP contribution in [-0.2, 0) is 9.53 Å². The normalized spacial score (nSPS) is 11.9. The summed E-state index contributed by atoms with van der Waals surface area (Å²) in [7, 11) is 1.87. The fraction of sp³-hybridized carbons (Fsp3) is 0.269. The van der Waals surface area contributed by atoms with E-state index in [2.05, 4.69) is 12.1 Å². The molecule has 0 saturated heterocycles. The van der Waals surface area contributed by atoms with E-state index in [1.807, 2.05) is 54.4 Å². The third kappa shape index (κ3) is 6.93. The van der Waals surface area contributed by atoms with Crippen LogP contribution in [0, 0.1) is 5.82 Å². The summed E-state index contributed by atoms with van der Waals surface area (Å²) in [5.74, 6) is 0.206. The van der Waals surface area contributed by atoms with Crippen LogP contribution in [0.5, 0.6) is 5.75 Å². The molecule has 3 rings (SSSR count). The zero-order valence-electron chi connectivity index (χ0n) is 18.0. The van der Waals surface area contributed by atoms with Gasteiger partial charge in [0.25, 0.3) is 0 Å².